The molecule has 4 nitrogen and oxygen atoms in total. The molecule has 0 radical (unpaired) electrons. The van der Waals surface area contributed by atoms with Crippen LogP contribution in [0.4, 0.5) is 0 Å². The van der Waals surface area contributed by atoms with E-state index in [4.69, 9.17) is 0 Å². The van der Waals surface area contributed by atoms with Gasteiger partial charge in [0.1, 0.15) is 0 Å². The van der Waals surface area contributed by atoms with E-state index in [1.54, 1.807) is 11.8 Å². The van der Waals surface area contributed by atoms with Crippen molar-refractivity contribution in [1.29, 1.82) is 0 Å². The number of thioether (sulfide) groups is 1. The first-order chi connectivity index (χ1) is 9.15. The Hall–Kier alpha value is -1.59. The van der Waals surface area contributed by atoms with Gasteiger partial charge >= 0.3 is 0 Å². The third kappa shape index (κ3) is 1.19. The van der Waals surface area contributed by atoms with Gasteiger partial charge in [-0.15, -0.1) is 11.8 Å². The number of carbonyl (C=O) groups is 2. The van der Waals surface area contributed by atoms with Crippen LogP contribution in [0.1, 0.15) is 5.56 Å². The zero-order valence-electron chi connectivity index (χ0n) is 9.89. The lowest BCUT2D eigenvalue weighted by molar-refractivity contribution is -0.173. The lowest BCUT2D eigenvalue weighted by Crippen LogP contribution is -2.35. The van der Waals surface area contributed by atoms with Crippen LogP contribution in [0, 0.1) is 11.8 Å². The monoisotopic (exact) mass is 273 g/mol. The molecule has 2 fully saturated rings. The maximum Gasteiger partial charge on any atom is 0.259 e. The van der Waals surface area contributed by atoms with Crippen molar-refractivity contribution in [3.63, 3.8) is 0 Å². The van der Waals surface area contributed by atoms with Crippen LogP contribution in [-0.2, 0) is 14.3 Å². The number of imide groups is 1. The highest BCUT2D eigenvalue weighted by Crippen LogP contribution is 2.64. The first-order valence-electron chi connectivity index (χ1n) is 6.14. The average Bonchev–Trinajstić information content (AvgIpc) is 3.08. The van der Waals surface area contributed by atoms with Gasteiger partial charge in [0.2, 0.25) is 0 Å². The van der Waals surface area contributed by atoms with Crippen molar-refractivity contribution >= 4 is 23.6 Å². The number of hydroxylamine groups is 2. The van der Waals surface area contributed by atoms with Crippen LogP contribution < -0.4 is 0 Å². The van der Waals surface area contributed by atoms with Gasteiger partial charge < -0.3 is 0 Å². The second kappa shape index (κ2) is 3.49. The molecule has 0 aromatic heterocycles. The number of benzene rings is 1. The van der Waals surface area contributed by atoms with Gasteiger partial charge in [0.25, 0.3) is 11.8 Å². The lowest BCUT2D eigenvalue weighted by Gasteiger charge is -2.29. The van der Waals surface area contributed by atoms with Crippen molar-refractivity contribution in [1.82, 2.24) is 5.06 Å². The first-order valence-corrected chi connectivity index (χ1v) is 7.02. The predicted molar refractivity (Wildman–Crippen MR) is 69.3 cm³/mol. The summed E-state index contributed by atoms with van der Waals surface area (Å²) in [7, 11) is 0. The molecule has 1 aromatic rings. The van der Waals surface area contributed by atoms with E-state index in [1.165, 1.54) is 0 Å². The van der Waals surface area contributed by atoms with Crippen LogP contribution in [0.2, 0.25) is 0 Å². The molecule has 0 spiro atoms. The average molecular weight is 273 g/mol. The minimum absolute atomic E-state index is 0.0150. The molecule has 3 aliphatic heterocycles. The first kappa shape index (κ1) is 11.3. The van der Waals surface area contributed by atoms with Crippen LogP contribution in [0.3, 0.4) is 0 Å². The molecule has 1 aromatic carbocycles. The van der Waals surface area contributed by atoms with Gasteiger partial charge in [-0.2, -0.15) is 5.06 Å². The molecular weight excluding hydrogens is 262 g/mol. The molecule has 2 saturated heterocycles. The summed E-state index contributed by atoms with van der Waals surface area (Å²) in [5.74, 6) is -1.84. The van der Waals surface area contributed by atoms with E-state index in [-0.39, 0.29) is 5.25 Å². The molecule has 2 amide bonds. The van der Waals surface area contributed by atoms with Crippen molar-refractivity contribution < 1.29 is 14.8 Å². The van der Waals surface area contributed by atoms with Crippen LogP contribution in [0.5, 0.6) is 0 Å². The van der Waals surface area contributed by atoms with Gasteiger partial charge in [-0.05, 0) is 5.56 Å². The summed E-state index contributed by atoms with van der Waals surface area (Å²) in [6.07, 6.45) is 4.01. The zero-order valence-corrected chi connectivity index (χ0v) is 10.7. The van der Waals surface area contributed by atoms with Crippen molar-refractivity contribution in [3.8, 4) is 0 Å². The minimum Gasteiger partial charge on any atom is -0.278 e. The fraction of sp³-hybridized carbons (Fsp3) is 0.286. The molecule has 96 valence electrons. The molecule has 3 heterocycles. The summed E-state index contributed by atoms with van der Waals surface area (Å²) in [6, 6.07) is 9.72. The summed E-state index contributed by atoms with van der Waals surface area (Å²) < 4.78 is -0.499. The molecule has 3 aliphatic rings. The minimum atomic E-state index is -0.499. The number of rotatable bonds is 1. The Morgan fingerprint density at radius 3 is 2.63 bits per heavy atom. The van der Waals surface area contributed by atoms with Gasteiger partial charge in [0.05, 0.1) is 16.6 Å². The lowest BCUT2D eigenvalue weighted by atomic mass is 9.74. The third-order valence-electron chi connectivity index (χ3n) is 4.23. The Kier molecular flexibility index (Phi) is 2.07. The van der Waals surface area contributed by atoms with Crippen LogP contribution in [-0.4, -0.2) is 27.3 Å². The van der Waals surface area contributed by atoms with Crippen molar-refractivity contribution in [2.45, 2.75) is 10.00 Å². The molecular formula is C14H11NO3S. The maximum absolute atomic E-state index is 12.2. The predicted octanol–water partition coefficient (Wildman–Crippen LogP) is 1.56. The van der Waals surface area contributed by atoms with Crippen LogP contribution >= 0.6 is 11.8 Å². The van der Waals surface area contributed by atoms with E-state index in [0.717, 1.165) is 5.56 Å². The molecule has 4 atom stereocenters. The molecule has 0 aliphatic carbocycles. The Morgan fingerprint density at radius 2 is 1.89 bits per heavy atom. The third-order valence-corrected chi connectivity index (χ3v) is 5.97. The number of fused-ring (bicyclic) bond motifs is 5. The quantitative estimate of drug-likeness (QED) is 0.479. The number of hydrogen-bond acceptors (Lipinski definition) is 4. The standard InChI is InChI=1S/C14H11NO3S/c16-12-10-9-6-7-14(19-9,8-4-2-1-3-5-8)11(10)13(17)15(12)18/h1-7,9-11,18H. The summed E-state index contributed by atoms with van der Waals surface area (Å²) in [5, 5.41) is 9.89. The topological polar surface area (TPSA) is 57.6 Å². The zero-order chi connectivity index (χ0) is 13.2. The summed E-state index contributed by atoms with van der Waals surface area (Å²) in [4.78, 5) is 24.1. The summed E-state index contributed by atoms with van der Waals surface area (Å²) in [5.41, 5.74) is 1.02. The highest BCUT2D eigenvalue weighted by Gasteiger charge is 2.67. The van der Waals surface area contributed by atoms with Crippen molar-refractivity contribution in [3.05, 3.63) is 48.0 Å². The van der Waals surface area contributed by atoms with Crippen molar-refractivity contribution in [2.75, 3.05) is 0 Å². The van der Waals surface area contributed by atoms with E-state index < -0.39 is 28.4 Å². The smallest absolute Gasteiger partial charge is 0.259 e. The number of hydrogen-bond donors (Lipinski definition) is 1. The second-order valence-electron chi connectivity index (χ2n) is 5.09. The van der Waals surface area contributed by atoms with Crippen LogP contribution in [0.15, 0.2) is 42.5 Å². The Labute approximate surface area is 114 Å². The molecule has 4 rings (SSSR count). The molecule has 4 unspecified atom stereocenters. The molecule has 0 saturated carbocycles. The van der Waals surface area contributed by atoms with E-state index in [2.05, 4.69) is 0 Å². The van der Waals surface area contributed by atoms with E-state index in [1.807, 2.05) is 42.5 Å². The van der Waals surface area contributed by atoms with Gasteiger partial charge in [-0.25, -0.2) is 0 Å². The summed E-state index contributed by atoms with van der Waals surface area (Å²) >= 11 is 1.64. The Bertz CT molecular complexity index is 614. The van der Waals surface area contributed by atoms with Gasteiger partial charge in [-0.3, -0.25) is 14.8 Å². The van der Waals surface area contributed by atoms with Crippen molar-refractivity contribution in [2.24, 2.45) is 11.8 Å². The highest BCUT2D eigenvalue weighted by molar-refractivity contribution is 8.01. The normalized spacial score (nSPS) is 39.2. The number of carbonyl (C=O) groups excluding carboxylic acids is 2. The van der Waals surface area contributed by atoms with Gasteiger partial charge in [-0.1, -0.05) is 42.5 Å². The van der Waals surface area contributed by atoms with Crippen LogP contribution in [0.25, 0.3) is 0 Å². The molecule has 5 heteroatoms. The molecule has 1 N–H and O–H groups in total. The number of nitrogens with zero attached hydrogens (tertiary/aromatic N) is 1. The fourth-order valence-corrected chi connectivity index (χ4v) is 5.26. The summed E-state index contributed by atoms with van der Waals surface area (Å²) in [6.45, 7) is 0. The fourth-order valence-electron chi connectivity index (χ4n) is 3.41. The van der Waals surface area contributed by atoms with E-state index in [0.29, 0.717) is 5.06 Å². The van der Waals surface area contributed by atoms with E-state index in [9.17, 15) is 14.8 Å². The number of amides is 2. The largest absolute Gasteiger partial charge is 0.278 e. The Morgan fingerprint density at radius 1 is 1.16 bits per heavy atom. The SMILES string of the molecule is O=C1C2C3C=CC(c4ccccc4)(S3)C2C(=O)N1O. The molecule has 19 heavy (non-hydrogen) atoms. The molecule has 2 bridgehead atoms. The Balaban J connectivity index is 1.89. The highest BCUT2D eigenvalue weighted by atomic mass is 32.2. The van der Waals surface area contributed by atoms with Gasteiger partial charge in [0, 0.05) is 5.25 Å². The second-order valence-corrected chi connectivity index (χ2v) is 6.55. The van der Waals surface area contributed by atoms with E-state index >= 15 is 0 Å². The van der Waals surface area contributed by atoms with Gasteiger partial charge in [0.15, 0.2) is 0 Å². The maximum atomic E-state index is 12.2.